The minimum Gasteiger partial charge on any atom is -0.312 e. The van der Waals surface area contributed by atoms with Crippen molar-refractivity contribution in [2.24, 2.45) is 0 Å². The third-order valence-corrected chi connectivity index (χ3v) is 4.70. The molecule has 3 nitrogen and oxygen atoms in total. The average molecular weight is 298 g/mol. The predicted molar refractivity (Wildman–Crippen MR) is 94.0 cm³/mol. The molecule has 1 aliphatic carbocycles. The van der Waals surface area contributed by atoms with Gasteiger partial charge in [0.1, 0.15) is 0 Å². The number of hydrogen-bond donors (Lipinski definition) is 1. The van der Waals surface area contributed by atoms with Gasteiger partial charge in [0.15, 0.2) is 0 Å². The smallest absolute Gasteiger partial charge is 0.0249 e. The molecule has 1 saturated carbocycles. The van der Waals surface area contributed by atoms with Crippen molar-refractivity contribution in [3.63, 3.8) is 0 Å². The van der Waals surface area contributed by atoms with Crippen molar-refractivity contribution in [1.29, 1.82) is 0 Å². The molecule has 0 radical (unpaired) electrons. The maximum atomic E-state index is 3.86. The maximum absolute atomic E-state index is 3.86. The van der Waals surface area contributed by atoms with Crippen molar-refractivity contribution in [3.05, 3.63) is 0 Å². The molecule has 0 spiro atoms. The Labute approximate surface area is 133 Å². The van der Waals surface area contributed by atoms with Gasteiger partial charge in [0.05, 0.1) is 0 Å². The van der Waals surface area contributed by atoms with E-state index in [0.717, 1.165) is 6.04 Å². The van der Waals surface area contributed by atoms with Crippen molar-refractivity contribution in [2.75, 3.05) is 40.3 Å². The first-order valence-corrected chi connectivity index (χ1v) is 9.31. The van der Waals surface area contributed by atoms with Gasteiger partial charge in [-0.1, -0.05) is 39.5 Å². The zero-order valence-electron chi connectivity index (χ0n) is 15.0. The van der Waals surface area contributed by atoms with E-state index in [4.69, 9.17) is 0 Å². The van der Waals surface area contributed by atoms with Gasteiger partial charge in [0, 0.05) is 25.2 Å². The number of likely N-dealkylation sites (N-methyl/N-ethyl adjacent to an activating group) is 1. The van der Waals surface area contributed by atoms with Crippen LogP contribution in [0.15, 0.2) is 0 Å². The van der Waals surface area contributed by atoms with Gasteiger partial charge < -0.3 is 10.2 Å². The Morgan fingerprint density at radius 3 is 2.19 bits per heavy atom. The first-order chi connectivity index (χ1) is 10.2. The molecule has 126 valence electrons. The van der Waals surface area contributed by atoms with E-state index < -0.39 is 0 Å². The molecule has 0 saturated heterocycles. The molecule has 0 aromatic carbocycles. The van der Waals surface area contributed by atoms with Crippen LogP contribution in [0.2, 0.25) is 0 Å². The Kier molecular flexibility index (Phi) is 10.3. The second-order valence-corrected chi connectivity index (χ2v) is 6.96. The average Bonchev–Trinajstić information content (AvgIpc) is 2.43. The van der Waals surface area contributed by atoms with Crippen molar-refractivity contribution in [1.82, 2.24) is 15.1 Å². The lowest BCUT2D eigenvalue weighted by atomic mass is 9.90. The van der Waals surface area contributed by atoms with Gasteiger partial charge in [-0.2, -0.15) is 0 Å². The summed E-state index contributed by atoms with van der Waals surface area (Å²) < 4.78 is 0. The van der Waals surface area contributed by atoms with Crippen LogP contribution in [0.4, 0.5) is 0 Å². The monoisotopic (exact) mass is 297 g/mol. The minimum absolute atomic E-state index is 0.707. The molecule has 2 atom stereocenters. The van der Waals surface area contributed by atoms with E-state index in [1.807, 2.05) is 0 Å². The molecule has 0 amide bonds. The van der Waals surface area contributed by atoms with Gasteiger partial charge in [0.2, 0.25) is 0 Å². The summed E-state index contributed by atoms with van der Waals surface area (Å²) in [6.45, 7) is 9.42. The van der Waals surface area contributed by atoms with Crippen LogP contribution < -0.4 is 5.32 Å². The van der Waals surface area contributed by atoms with Crippen LogP contribution in [0.5, 0.6) is 0 Å². The summed E-state index contributed by atoms with van der Waals surface area (Å²) in [5.41, 5.74) is 0. The normalized spacial score (nSPS) is 24.3. The van der Waals surface area contributed by atoms with Crippen molar-refractivity contribution in [3.8, 4) is 0 Å². The van der Waals surface area contributed by atoms with Crippen LogP contribution in [0.25, 0.3) is 0 Å². The fourth-order valence-corrected chi connectivity index (χ4v) is 3.53. The molecule has 1 N–H and O–H groups in total. The van der Waals surface area contributed by atoms with E-state index in [0.29, 0.717) is 6.04 Å². The summed E-state index contributed by atoms with van der Waals surface area (Å²) >= 11 is 0. The van der Waals surface area contributed by atoms with E-state index in [1.165, 1.54) is 77.5 Å². The highest BCUT2D eigenvalue weighted by Crippen LogP contribution is 2.22. The lowest BCUT2D eigenvalue weighted by Crippen LogP contribution is -2.52. The lowest BCUT2D eigenvalue weighted by Gasteiger charge is -2.39. The number of hydrogen-bond acceptors (Lipinski definition) is 3. The van der Waals surface area contributed by atoms with Gasteiger partial charge in [-0.3, -0.25) is 4.90 Å². The van der Waals surface area contributed by atoms with E-state index in [1.54, 1.807) is 0 Å². The molecule has 0 heterocycles. The van der Waals surface area contributed by atoms with Crippen LogP contribution >= 0.6 is 0 Å². The zero-order valence-corrected chi connectivity index (χ0v) is 15.0. The van der Waals surface area contributed by atoms with Crippen LogP contribution in [0.1, 0.15) is 65.2 Å². The molecule has 2 unspecified atom stereocenters. The van der Waals surface area contributed by atoms with Gasteiger partial charge in [-0.25, -0.2) is 0 Å². The topological polar surface area (TPSA) is 18.5 Å². The van der Waals surface area contributed by atoms with E-state index in [-0.39, 0.29) is 0 Å². The molecule has 0 aliphatic heterocycles. The van der Waals surface area contributed by atoms with Gasteiger partial charge in [0.25, 0.3) is 0 Å². The maximum Gasteiger partial charge on any atom is 0.0249 e. The molecular formula is C18H39N3. The third-order valence-electron chi connectivity index (χ3n) is 4.70. The van der Waals surface area contributed by atoms with Gasteiger partial charge in [-0.15, -0.1) is 0 Å². The molecule has 1 rings (SSSR count). The molecule has 3 heteroatoms. The number of nitrogens with zero attached hydrogens (tertiary/aromatic N) is 2. The molecule has 1 fully saturated rings. The second kappa shape index (κ2) is 11.4. The Balaban J connectivity index is 2.68. The summed E-state index contributed by atoms with van der Waals surface area (Å²) in [7, 11) is 4.38. The lowest BCUT2D eigenvalue weighted by molar-refractivity contribution is 0.123. The van der Waals surface area contributed by atoms with Crippen LogP contribution in [0.3, 0.4) is 0 Å². The van der Waals surface area contributed by atoms with Crippen molar-refractivity contribution >= 4 is 0 Å². The Morgan fingerprint density at radius 1 is 0.857 bits per heavy atom. The van der Waals surface area contributed by atoms with E-state index >= 15 is 0 Å². The van der Waals surface area contributed by atoms with Gasteiger partial charge >= 0.3 is 0 Å². The van der Waals surface area contributed by atoms with Gasteiger partial charge in [-0.05, 0) is 52.9 Å². The molecule has 0 bridgehead atoms. The quantitative estimate of drug-likeness (QED) is 0.704. The first kappa shape index (κ1) is 18.9. The molecule has 1 aliphatic rings. The van der Waals surface area contributed by atoms with E-state index in [9.17, 15) is 0 Å². The summed E-state index contributed by atoms with van der Waals surface area (Å²) in [5, 5.41) is 3.86. The highest BCUT2D eigenvalue weighted by molar-refractivity contribution is 4.86. The second-order valence-electron chi connectivity index (χ2n) is 6.96. The van der Waals surface area contributed by atoms with Crippen LogP contribution in [0, 0.1) is 0 Å². The zero-order chi connectivity index (χ0) is 15.5. The Morgan fingerprint density at radius 2 is 1.57 bits per heavy atom. The van der Waals surface area contributed by atoms with Crippen molar-refractivity contribution < 1.29 is 0 Å². The number of rotatable bonds is 9. The summed E-state index contributed by atoms with van der Waals surface area (Å²) in [6.07, 6.45) is 11.0. The number of nitrogens with one attached hydrogen (secondary N) is 1. The molecule has 0 aromatic heterocycles. The minimum atomic E-state index is 0.707. The summed E-state index contributed by atoms with van der Waals surface area (Å²) in [4.78, 5) is 5.10. The predicted octanol–water partition coefficient (Wildman–Crippen LogP) is 3.35. The fourth-order valence-electron chi connectivity index (χ4n) is 3.53. The summed E-state index contributed by atoms with van der Waals surface area (Å²) in [5.74, 6) is 0. The summed E-state index contributed by atoms with van der Waals surface area (Å²) in [6, 6.07) is 1.45. The standard InChI is InChI=1S/C18H39N3/c1-5-13-19-17-11-9-7-8-10-12-18(17)21(14-6-2)16-15-20(3)4/h17-19H,5-16H2,1-4H3. The first-order valence-electron chi connectivity index (χ1n) is 9.31. The van der Waals surface area contributed by atoms with Crippen molar-refractivity contribution in [2.45, 2.75) is 77.3 Å². The SMILES string of the molecule is CCCNC1CCCCCCC1N(CCC)CCN(C)C. The van der Waals surface area contributed by atoms with E-state index in [2.05, 4.69) is 43.1 Å². The van der Waals surface area contributed by atoms with Crippen LogP contribution in [-0.2, 0) is 0 Å². The molecule has 0 aromatic rings. The third kappa shape index (κ3) is 7.62. The molecule has 21 heavy (non-hydrogen) atoms. The van der Waals surface area contributed by atoms with Crippen LogP contribution in [-0.4, -0.2) is 62.2 Å². The Hall–Kier alpha value is -0.120. The highest BCUT2D eigenvalue weighted by Gasteiger charge is 2.27. The Bertz CT molecular complexity index is 241. The fraction of sp³-hybridized carbons (Fsp3) is 1.00. The highest BCUT2D eigenvalue weighted by atomic mass is 15.2. The largest absolute Gasteiger partial charge is 0.312 e. The molecular weight excluding hydrogens is 258 g/mol.